The summed E-state index contributed by atoms with van der Waals surface area (Å²) in [6, 6.07) is 23.0. The summed E-state index contributed by atoms with van der Waals surface area (Å²) in [5, 5.41) is 3.26. The third-order valence-corrected chi connectivity index (χ3v) is 12.5. The zero-order valence-electron chi connectivity index (χ0n) is 28.6. The highest BCUT2D eigenvalue weighted by atomic mass is 32.2. The van der Waals surface area contributed by atoms with Crippen LogP contribution in [-0.4, -0.2) is 53.0 Å². The lowest BCUT2D eigenvalue weighted by atomic mass is 10.0. The lowest BCUT2D eigenvalue weighted by Gasteiger charge is -2.12. The fourth-order valence-electron chi connectivity index (χ4n) is 4.99. The predicted octanol–water partition coefficient (Wildman–Crippen LogP) is 6.32. The lowest BCUT2D eigenvalue weighted by molar-refractivity contribution is 0.0830. The van der Waals surface area contributed by atoms with Crippen LogP contribution >= 0.6 is 0 Å². The number of oxime groups is 1. The second-order valence-electron chi connectivity index (χ2n) is 12.2. The van der Waals surface area contributed by atoms with Crippen LogP contribution in [0.2, 0.25) is 0 Å². The molecule has 0 radical (unpaired) electrons. The van der Waals surface area contributed by atoms with E-state index in [1.165, 1.54) is 6.08 Å². The highest BCUT2D eigenvalue weighted by molar-refractivity contribution is 7.92. The van der Waals surface area contributed by atoms with Crippen molar-refractivity contribution in [3.05, 3.63) is 115 Å². The SMILES string of the molecule is C=Cc1nc(-c2ccc(S(=O)(=O)C(C)C)cc2)cnc1N.CC(C)S(=O)(=O)c1ccc(-c2cnc(N)c(C3CC(c4ccccc4)=NO3)n2)cc1. The molecule has 6 rings (SSSR count). The minimum atomic E-state index is -3.33. The highest BCUT2D eigenvalue weighted by Gasteiger charge is 2.28. The molecule has 51 heavy (non-hydrogen) atoms. The molecule has 0 bridgehead atoms. The third-order valence-electron chi connectivity index (χ3n) is 8.13. The summed E-state index contributed by atoms with van der Waals surface area (Å²) in [4.78, 5) is 23.5. The molecule has 0 amide bonds. The van der Waals surface area contributed by atoms with Crippen LogP contribution in [0, 0.1) is 0 Å². The van der Waals surface area contributed by atoms with Crippen LogP contribution in [0.1, 0.15) is 57.2 Å². The van der Waals surface area contributed by atoms with E-state index in [1.54, 1.807) is 88.6 Å². The van der Waals surface area contributed by atoms with Crippen LogP contribution in [0.5, 0.6) is 0 Å². The molecule has 1 unspecified atom stereocenters. The van der Waals surface area contributed by atoms with Gasteiger partial charge in [0.1, 0.15) is 23.0 Å². The molecular weight excluding hydrogens is 687 g/mol. The first kappa shape index (κ1) is 36.8. The number of nitrogens with zero attached hydrogens (tertiary/aromatic N) is 5. The molecule has 12 nitrogen and oxygen atoms in total. The first-order valence-electron chi connectivity index (χ1n) is 16.1. The molecule has 1 aliphatic rings. The van der Waals surface area contributed by atoms with Gasteiger partial charge in [0.05, 0.1) is 49.8 Å². The molecule has 4 N–H and O–H groups in total. The Balaban J connectivity index is 0.000000211. The van der Waals surface area contributed by atoms with Gasteiger partial charge in [-0.05, 0) is 63.6 Å². The predicted molar refractivity (Wildman–Crippen MR) is 200 cm³/mol. The maximum atomic E-state index is 12.3. The molecule has 0 spiro atoms. The standard InChI is InChI=1S/C22H22N4O3S.C15H17N3O2S/c1-14(2)30(27,28)17-10-8-16(9-11-17)19-13-24-22(23)21(25-19)20-12-18(26-29-20)15-6-4-3-5-7-15;1-4-13-15(16)17-9-14(18-13)11-5-7-12(8-6-11)21(19,20)10(2)3/h3-11,13-14,20H,12H2,1-2H3,(H2,23,24);4-10H,1H2,2-3H3,(H2,16,17). The summed E-state index contributed by atoms with van der Waals surface area (Å²) in [6.07, 6.45) is 4.77. The van der Waals surface area contributed by atoms with E-state index in [0.29, 0.717) is 39.9 Å². The van der Waals surface area contributed by atoms with Gasteiger partial charge in [-0.1, -0.05) is 66.3 Å². The van der Waals surface area contributed by atoms with Crippen LogP contribution in [0.25, 0.3) is 28.6 Å². The summed E-state index contributed by atoms with van der Waals surface area (Å²) >= 11 is 0. The Hall–Kier alpha value is -5.47. The van der Waals surface area contributed by atoms with Gasteiger partial charge in [-0.2, -0.15) is 0 Å². The molecule has 0 aliphatic carbocycles. The Labute approximate surface area is 298 Å². The van der Waals surface area contributed by atoms with Crippen molar-refractivity contribution in [1.82, 2.24) is 19.9 Å². The van der Waals surface area contributed by atoms with Gasteiger partial charge in [0, 0.05) is 17.5 Å². The fraction of sp³-hybridized carbons (Fsp3) is 0.216. The maximum absolute atomic E-state index is 12.3. The third kappa shape index (κ3) is 8.13. The Kier molecular flexibility index (Phi) is 11.0. The smallest absolute Gasteiger partial charge is 0.180 e. The Morgan fingerprint density at radius 1 is 0.706 bits per heavy atom. The van der Waals surface area contributed by atoms with Gasteiger partial charge in [0.2, 0.25) is 0 Å². The summed E-state index contributed by atoms with van der Waals surface area (Å²) < 4.78 is 48.8. The largest absolute Gasteiger partial charge is 0.385 e. The molecule has 0 saturated carbocycles. The number of rotatable bonds is 9. The average Bonchev–Trinajstić information content (AvgIpc) is 3.63. The Bertz CT molecular complexity index is 2280. The molecular formula is C37H39N7O5S2. The maximum Gasteiger partial charge on any atom is 0.180 e. The van der Waals surface area contributed by atoms with Gasteiger partial charge < -0.3 is 16.3 Å². The van der Waals surface area contributed by atoms with E-state index in [1.807, 2.05) is 30.3 Å². The second kappa shape index (κ2) is 15.2. The van der Waals surface area contributed by atoms with E-state index in [2.05, 4.69) is 31.7 Å². The molecule has 3 heterocycles. The van der Waals surface area contributed by atoms with Gasteiger partial charge in [0.25, 0.3) is 0 Å². The number of benzene rings is 3. The molecule has 3 aromatic carbocycles. The molecule has 1 atom stereocenters. The molecule has 0 saturated heterocycles. The van der Waals surface area contributed by atoms with Crippen molar-refractivity contribution in [2.45, 2.75) is 60.5 Å². The van der Waals surface area contributed by atoms with Gasteiger partial charge in [-0.3, -0.25) is 0 Å². The minimum Gasteiger partial charge on any atom is -0.385 e. The van der Waals surface area contributed by atoms with Crippen molar-refractivity contribution in [1.29, 1.82) is 0 Å². The summed E-state index contributed by atoms with van der Waals surface area (Å²) in [5.74, 6) is 0.597. The van der Waals surface area contributed by atoms with E-state index in [0.717, 1.165) is 22.4 Å². The van der Waals surface area contributed by atoms with Crippen molar-refractivity contribution < 1.29 is 21.7 Å². The van der Waals surface area contributed by atoms with Crippen LogP contribution < -0.4 is 11.5 Å². The van der Waals surface area contributed by atoms with E-state index in [-0.39, 0.29) is 10.7 Å². The van der Waals surface area contributed by atoms with E-state index >= 15 is 0 Å². The molecule has 1 aliphatic heterocycles. The van der Waals surface area contributed by atoms with Crippen LogP contribution in [0.3, 0.4) is 0 Å². The van der Waals surface area contributed by atoms with Crippen LogP contribution in [-0.2, 0) is 24.5 Å². The van der Waals surface area contributed by atoms with E-state index in [4.69, 9.17) is 16.3 Å². The zero-order chi connectivity index (χ0) is 36.9. The van der Waals surface area contributed by atoms with Crippen molar-refractivity contribution in [3.8, 4) is 22.5 Å². The lowest BCUT2D eigenvalue weighted by Crippen LogP contribution is -2.13. The Morgan fingerprint density at radius 3 is 1.69 bits per heavy atom. The summed E-state index contributed by atoms with van der Waals surface area (Å²) in [5.41, 5.74) is 17.3. The van der Waals surface area contributed by atoms with E-state index in [9.17, 15) is 16.8 Å². The number of hydrogen-bond donors (Lipinski definition) is 2. The van der Waals surface area contributed by atoms with Crippen molar-refractivity contribution in [2.75, 3.05) is 11.5 Å². The minimum absolute atomic E-state index is 0.282. The molecule has 5 aromatic rings. The summed E-state index contributed by atoms with van der Waals surface area (Å²) in [6.45, 7) is 10.3. The molecule has 264 valence electrons. The average molecular weight is 726 g/mol. The highest BCUT2D eigenvalue weighted by Crippen LogP contribution is 2.32. The summed E-state index contributed by atoms with van der Waals surface area (Å²) in [7, 11) is -6.60. The second-order valence-corrected chi connectivity index (χ2v) is 17.2. The van der Waals surface area contributed by atoms with Gasteiger partial charge in [0.15, 0.2) is 25.8 Å². The monoisotopic (exact) mass is 725 g/mol. The van der Waals surface area contributed by atoms with Gasteiger partial charge in [-0.15, -0.1) is 0 Å². The quantitative estimate of drug-likeness (QED) is 0.173. The number of hydrogen-bond acceptors (Lipinski definition) is 12. The molecule has 2 aromatic heterocycles. The van der Waals surface area contributed by atoms with Crippen LogP contribution in [0.15, 0.2) is 113 Å². The normalized spacial score (nSPS) is 14.4. The number of sulfone groups is 2. The van der Waals surface area contributed by atoms with Gasteiger partial charge >= 0.3 is 0 Å². The van der Waals surface area contributed by atoms with Crippen molar-refractivity contribution in [2.24, 2.45) is 5.16 Å². The van der Waals surface area contributed by atoms with E-state index < -0.39 is 36.3 Å². The van der Waals surface area contributed by atoms with Crippen molar-refractivity contribution >= 4 is 43.1 Å². The number of nitrogen functional groups attached to an aromatic ring is 2. The van der Waals surface area contributed by atoms with Gasteiger partial charge in [-0.25, -0.2) is 36.8 Å². The number of aromatic nitrogens is 4. The Morgan fingerprint density at radius 2 is 1.20 bits per heavy atom. The van der Waals surface area contributed by atoms with Crippen LogP contribution in [0.4, 0.5) is 11.6 Å². The molecule has 0 fully saturated rings. The van der Waals surface area contributed by atoms with Crippen molar-refractivity contribution in [3.63, 3.8) is 0 Å². The topological polar surface area (TPSA) is 193 Å². The number of anilines is 2. The number of nitrogens with two attached hydrogens (primary N) is 2. The zero-order valence-corrected chi connectivity index (χ0v) is 30.3. The fourth-order valence-corrected chi connectivity index (χ4v) is 7.11. The first-order chi connectivity index (χ1) is 24.2. The first-order valence-corrected chi connectivity index (χ1v) is 19.2. The molecule has 14 heteroatoms.